The van der Waals surface area contributed by atoms with E-state index in [0.717, 1.165) is 50.5 Å². The van der Waals surface area contributed by atoms with Crippen molar-refractivity contribution in [3.05, 3.63) is 47.1 Å². The van der Waals surface area contributed by atoms with Crippen molar-refractivity contribution in [3.63, 3.8) is 0 Å². The molecule has 2 aromatic rings. The fourth-order valence-corrected chi connectivity index (χ4v) is 3.71. The first-order valence-electron chi connectivity index (χ1n) is 9.73. The lowest BCUT2D eigenvalue weighted by Gasteiger charge is -2.34. The number of rotatable bonds is 5. The number of piperazine rings is 1. The van der Waals surface area contributed by atoms with Gasteiger partial charge in [0.25, 0.3) is 5.91 Å². The quantitative estimate of drug-likeness (QED) is 0.803. The maximum absolute atomic E-state index is 12.9. The van der Waals surface area contributed by atoms with E-state index in [1.165, 1.54) is 5.56 Å². The van der Waals surface area contributed by atoms with E-state index in [1.807, 2.05) is 30.0 Å². The second-order valence-corrected chi connectivity index (χ2v) is 7.21. The molecule has 4 rings (SSSR count). The van der Waals surface area contributed by atoms with Crippen LogP contribution in [0, 0.1) is 0 Å². The molecule has 1 aromatic heterocycles. The van der Waals surface area contributed by atoms with E-state index in [4.69, 9.17) is 9.26 Å². The highest BCUT2D eigenvalue weighted by Gasteiger charge is 2.24. The van der Waals surface area contributed by atoms with Crippen molar-refractivity contribution in [2.75, 3.05) is 39.4 Å². The van der Waals surface area contributed by atoms with Crippen LogP contribution in [0.5, 0.6) is 0 Å². The Kier molecular flexibility index (Phi) is 5.50. The summed E-state index contributed by atoms with van der Waals surface area (Å²) < 4.78 is 10.6. The topological polar surface area (TPSA) is 71.7 Å². The van der Waals surface area contributed by atoms with Crippen LogP contribution in [0.4, 0.5) is 0 Å². The van der Waals surface area contributed by atoms with Crippen LogP contribution in [0.3, 0.4) is 0 Å². The monoisotopic (exact) mass is 370 g/mol. The van der Waals surface area contributed by atoms with E-state index < -0.39 is 0 Å². The number of carbonyl (C=O) groups is 1. The number of hydrogen-bond acceptors (Lipinski definition) is 6. The summed E-state index contributed by atoms with van der Waals surface area (Å²) in [5.74, 6) is 1.92. The third kappa shape index (κ3) is 4.20. The largest absolute Gasteiger partial charge is 0.381 e. The Bertz CT molecular complexity index is 777. The Labute approximate surface area is 159 Å². The van der Waals surface area contributed by atoms with E-state index in [1.54, 1.807) is 0 Å². The summed E-state index contributed by atoms with van der Waals surface area (Å²) in [7, 11) is 0. The molecule has 1 amide bonds. The van der Waals surface area contributed by atoms with Crippen LogP contribution in [0.25, 0.3) is 0 Å². The van der Waals surface area contributed by atoms with E-state index >= 15 is 0 Å². The number of aromatic nitrogens is 2. The Balaban J connectivity index is 1.33. The number of nitrogens with zero attached hydrogens (tertiary/aromatic N) is 4. The molecule has 0 bridgehead atoms. The minimum atomic E-state index is 0.114. The third-order valence-corrected chi connectivity index (χ3v) is 5.37. The molecule has 3 heterocycles. The molecule has 2 saturated heterocycles. The molecule has 2 fully saturated rings. The first-order chi connectivity index (χ1) is 13.2. The lowest BCUT2D eigenvalue weighted by molar-refractivity contribution is 0.0624. The first-order valence-corrected chi connectivity index (χ1v) is 9.73. The fourth-order valence-electron chi connectivity index (χ4n) is 3.71. The Morgan fingerprint density at radius 1 is 1.26 bits per heavy atom. The minimum Gasteiger partial charge on any atom is -0.381 e. The average molecular weight is 370 g/mol. The van der Waals surface area contributed by atoms with Gasteiger partial charge in [-0.3, -0.25) is 9.69 Å². The van der Waals surface area contributed by atoms with E-state index in [-0.39, 0.29) is 5.91 Å². The number of hydrogen-bond donors (Lipinski definition) is 0. The van der Waals surface area contributed by atoms with Gasteiger partial charge >= 0.3 is 0 Å². The first kappa shape index (κ1) is 18.1. The molecule has 2 aliphatic rings. The van der Waals surface area contributed by atoms with Gasteiger partial charge < -0.3 is 14.2 Å². The van der Waals surface area contributed by atoms with Crippen molar-refractivity contribution in [1.29, 1.82) is 0 Å². The van der Waals surface area contributed by atoms with Gasteiger partial charge in [-0.1, -0.05) is 24.2 Å². The van der Waals surface area contributed by atoms with Gasteiger partial charge in [0, 0.05) is 50.7 Å². The average Bonchev–Trinajstić information content (AvgIpc) is 3.40. The van der Waals surface area contributed by atoms with E-state index in [0.29, 0.717) is 31.4 Å². The predicted molar refractivity (Wildman–Crippen MR) is 99.5 cm³/mol. The van der Waals surface area contributed by atoms with Crippen molar-refractivity contribution in [2.24, 2.45) is 0 Å². The van der Waals surface area contributed by atoms with Crippen LogP contribution in [-0.4, -0.2) is 65.2 Å². The zero-order chi connectivity index (χ0) is 18.6. The molecule has 0 saturated carbocycles. The summed E-state index contributed by atoms with van der Waals surface area (Å²) in [5, 5.41) is 4.01. The smallest absolute Gasteiger partial charge is 0.253 e. The van der Waals surface area contributed by atoms with Crippen LogP contribution in [0.2, 0.25) is 0 Å². The Morgan fingerprint density at radius 2 is 2.11 bits per heavy atom. The molecule has 1 aromatic carbocycles. The van der Waals surface area contributed by atoms with Gasteiger partial charge in [-0.2, -0.15) is 4.98 Å². The number of benzene rings is 1. The van der Waals surface area contributed by atoms with Gasteiger partial charge in [0.2, 0.25) is 5.89 Å². The number of ether oxygens (including phenoxy) is 1. The molecule has 0 aliphatic carbocycles. The SMILES string of the molecule is CCc1nc(CN2CCN(C(=O)c3cccc(C4CCOC4)c3)CC2)no1. The number of amides is 1. The standard InChI is InChI=1S/C20H26N4O3/c1-2-19-21-18(22-27-19)13-23-7-9-24(10-8-23)20(25)16-5-3-4-15(12-16)17-6-11-26-14-17/h3-5,12,17H,2,6-11,13-14H2,1H3. The Morgan fingerprint density at radius 3 is 2.81 bits per heavy atom. The molecular weight excluding hydrogens is 344 g/mol. The fraction of sp³-hybridized carbons (Fsp3) is 0.550. The minimum absolute atomic E-state index is 0.114. The van der Waals surface area contributed by atoms with Crippen molar-refractivity contribution >= 4 is 5.91 Å². The molecule has 7 nitrogen and oxygen atoms in total. The molecule has 144 valence electrons. The summed E-state index contributed by atoms with van der Waals surface area (Å²) in [4.78, 5) is 21.5. The molecule has 1 unspecified atom stereocenters. The molecule has 7 heteroatoms. The molecule has 0 spiro atoms. The van der Waals surface area contributed by atoms with Crippen molar-refractivity contribution in [3.8, 4) is 0 Å². The van der Waals surface area contributed by atoms with Crippen molar-refractivity contribution in [2.45, 2.75) is 32.2 Å². The van der Waals surface area contributed by atoms with Gasteiger partial charge in [-0.25, -0.2) is 0 Å². The highest BCUT2D eigenvalue weighted by molar-refractivity contribution is 5.94. The summed E-state index contributed by atoms with van der Waals surface area (Å²) in [6, 6.07) is 8.04. The molecule has 1 atom stereocenters. The highest BCUT2D eigenvalue weighted by Crippen LogP contribution is 2.26. The highest BCUT2D eigenvalue weighted by atomic mass is 16.5. The zero-order valence-electron chi connectivity index (χ0n) is 15.8. The van der Waals surface area contributed by atoms with Gasteiger partial charge in [0.15, 0.2) is 5.82 Å². The third-order valence-electron chi connectivity index (χ3n) is 5.37. The number of carbonyl (C=O) groups excluding carboxylic acids is 1. The van der Waals surface area contributed by atoms with Crippen molar-refractivity contribution in [1.82, 2.24) is 19.9 Å². The predicted octanol–water partition coefficient (Wildman–Crippen LogP) is 2.09. The second kappa shape index (κ2) is 8.19. The Hall–Kier alpha value is -2.25. The summed E-state index contributed by atoms with van der Waals surface area (Å²) in [5.41, 5.74) is 1.99. The van der Waals surface area contributed by atoms with Crippen LogP contribution in [0.15, 0.2) is 28.8 Å². The normalized spacial score (nSPS) is 20.9. The molecular formula is C20H26N4O3. The van der Waals surface area contributed by atoms with Gasteiger partial charge in [-0.05, 0) is 24.1 Å². The van der Waals surface area contributed by atoms with E-state index in [9.17, 15) is 4.79 Å². The number of aryl methyl sites for hydroxylation is 1. The molecule has 0 radical (unpaired) electrons. The van der Waals surface area contributed by atoms with Crippen LogP contribution in [-0.2, 0) is 17.7 Å². The van der Waals surface area contributed by atoms with Crippen LogP contribution < -0.4 is 0 Å². The lowest BCUT2D eigenvalue weighted by atomic mass is 9.96. The summed E-state index contributed by atoms with van der Waals surface area (Å²) >= 11 is 0. The maximum Gasteiger partial charge on any atom is 0.253 e. The summed E-state index contributed by atoms with van der Waals surface area (Å²) in [6.07, 6.45) is 1.79. The molecule has 2 aliphatic heterocycles. The van der Waals surface area contributed by atoms with Crippen LogP contribution >= 0.6 is 0 Å². The lowest BCUT2D eigenvalue weighted by Crippen LogP contribution is -2.48. The van der Waals surface area contributed by atoms with Gasteiger partial charge in [-0.15, -0.1) is 0 Å². The zero-order valence-corrected chi connectivity index (χ0v) is 15.8. The maximum atomic E-state index is 12.9. The van der Waals surface area contributed by atoms with Crippen molar-refractivity contribution < 1.29 is 14.1 Å². The molecule has 27 heavy (non-hydrogen) atoms. The van der Waals surface area contributed by atoms with E-state index in [2.05, 4.69) is 21.1 Å². The van der Waals surface area contributed by atoms with Crippen LogP contribution in [0.1, 0.15) is 46.9 Å². The molecule has 0 N–H and O–H groups in total. The summed E-state index contributed by atoms with van der Waals surface area (Å²) in [6.45, 7) is 7.30. The van der Waals surface area contributed by atoms with Gasteiger partial charge in [0.05, 0.1) is 13.2 Å². The van der Waals surface area contributed by atoms with Gasteiger partial charge in [0.1, 0.15) is 0 Å². The second-order valence-electron chi connectivity index (χ2n) is 7.21.